The van der Waals surface area contributed by atoms with E-state index in [-0.39, 0.29) is 5.92 Å². The summed E-state index contributed by atoms with van der Waals surface area (Å²) in [5, 5.41) is 9.13. The van der Waals surface area contributed by atoms with Gasteiger partial charge in [-0.25, -0.2) is 9.97 Å². The van der Waals surface area contributed by atoms with Gasteiger partial charge < -0.3 is 14.7 Å². The zero-order valence-electron chi connectivity index (χ0n) is 13.6. The minimum Gasteiger partial charge on any atom is -0.481 e. The minimum atomic E-state index is -0.714. The Morgan fingerprint density at radius 3 is 2.79 bits per heavy atom. The second kappa shape index (κ2) is 7.35. The number of aliphatic carboxylic acids is 1. The van der Waals surface area contributed by atoms with Gasteiger partial charge in [0.25, 0.3) is 0 Å². The predicted molar refractivity (Wildman–Crippen MR) is 88.5 cm³/mol. The van der Waals surface area contributed by atoms with Crippen LogP contribution in [0.4, 0.5) is 5.82 Å². The van der Waals surface area contributed by atoms with Crippen LogP contribution in [0.2, 0.25) is 0 Å². The molecule has 0 bridgehead atoms. The molecule has 1 fully saturated rings. The topological polar surface area (TPSA) is 88.4 Å². The van der Waals surface area contributed by atoms with Crippen LogP contribution in [0.5, 0.6) is 0 Å². The first-order chi connectivity index (χ1) is 11.7. The second-order valence-corrected chi connectivity index (χ2v) is 5.82. The van der Waals surface area contributed by atoms with Crippen LogP contribution in [0.1, 0.15) is 18.5 Å². The fraction of sp³-hybridized carbons (Fsp3) is 0.412. The van der Waals surface area contributed by atoms with Crippen molar-refractivity contribution in [2.24, 2.45) is 5.92 Å². The molecular formula is C17H20N4O3. The lowest BCUT2D eigenvalue weighted by molar-refractivity contribution is -0.142. The molecule has 0 amide bonds. The Labute approximate surface area is 140 Å². The van der Waals surface area contributed by atoms with Crippen LogP contribution >= 0.6 is 0 Å². The number of aromatic nitrogens is 3. The molecule has 1 N–H and O–H groups in total. The Morgan fingerprint density at radius 2 is 2.17 bits per heavy atom. The Bertz CT molecular complexity index is 700. The van der Waals surface area contributed by atoms with Crippen LogP contribution in [0.3, 0.4) is 0 Å². The number of pyridine rings is 1. The highest BCUT2D eigenvalue weighted by atomic mass is 16.5. The molecule has 1 saturated heterocycles. The lowest BCUT2D eigenvalue weighted by Gasteiger charge is -2.31. The molecule has 1 aliphatic rings. The Kier molecular flexibility index (Phi) is 5.00. The van der Waals surface area contributed by atoms with Gasteiger partial charge in [-0.2, -0.15) is 0 Å². The smallest absolute Gasteiger partial charge is 0.306 e. The largest absolute Gasteiger partial charge is 0.481 e. The first-order valence-electron chi connectivity index (χ1n) is 7.92. The fourth-order valence-electron chi connectivity index (χ4n) is 2.85. The quantitative estimate of drug-likeness (QED) is 0.897. The number of nitrogens with zero attached hydrogens (tertiary/aromatic N) is 4. The lowest BCUT2D eigenvalue weighted by atomic mass is 9.97. The number of methoxy groups -OCH3 is 1. The van der Waals surface area contributed by atoms with Crippen molar-refractivity contribution in [1.29, 1.82) is 0 Å². The maximum Gasteiger partial charge on any atom is 0.306 e. The van der Waals surface area contributed by atoms with E-state index in [0.29, 0.717) is 38.4 Å². The molecule has 2 aromatic rings. The van der Waals surface area contributed by atoms with E-state index >= 15 is 0 Å². The summed E-state index contributed by atoms with van der Waals surface area (Å²) in [7, 11) is 1.63. The van der Waals surface area contributed by atoms with Gasteiger partial charge in [0.1, 0.15) is 5.82 Å². The molecule has 1 aliphatic heterocycles. The third kappa shape index (κ3) is 3.68. The first-order valence-corrected chi connectivity index (χ1v) is 7.92. The molecule has 0 aliphatic carbocycles. The monoisotopic (exact) mass is 328 g/mol. The van der Waals surface area contributed by atoms with Crippen LogP contribution in [-0.2, 0) is 16.1 Å². The van der Waals surface area contributed by atoms with Crippen molar-refractivity contribution in [2.75, 3.05) is 25.1 Å². The van der Waals surface area contributed by atoms with Crippen LogP contribution in [0.25, 0.3) is 11.4 Å². The first kappa shape index (κ1) is 16.3. The maximum atomic E-state index is 11.1. The van der Waals surface area contributed by atoms with Gasteiger partial charge in [-0.05, 0) is 25.0 Å². The number of hydrogen-bond donors (Lipinski definition) is 1. The van der Waals surface area contributed by atoms with Gasteiger partial charge in [0.05, 0.1) is 18.2 Å². The van der Waals surface area contributed by atoms with Crippen molar-refractivity contribution in [2.45, 2.75) is 19.4 Å². The SMILES string of the molecule is COCc1cc(N2CCC(C(=O)O)CC2)nc(-c2cccnc2)n1. The number of rotatable bonds is 5. The zero-order chi connectivity index (χ0) is 16.9. The molecule has 0 unspecified atom stereocenters. The molecule has 3 heterocycles. The van der Waals surface area contributed by atoms with Gasteiger partial charge in [-0.3, -0.25) is 9.78 Å². The highest BCUT2D eigenvalue weighted by Gasteiger charge is 2.25. The van der Waals surface area contributed by atoms with Crippen LogP contribution in [0.15, 0.2) is 30.6 Å². The van der Waals surface area contributed by atoms with Gasteiger partial charge in [-0.1, -0.05) is 0 Å². The van der Waals surface area contributed by atoms with E-state index in [1.54, 1.807) is 19.5 Å². The average Bonchev–Trinajstić information content (AvgIpc) is 2.62. The number of piperidine rings is 1. The van der Waals surface area contributed by atoms with E-state index < -0.39 is 5.97 Å². The van der Waals surface area contributed by atoms with Crippen molar-refractivity contribution in [3.8, 4) is 11.4 Å². The maximum absolute atomic E-state index is 11.1. The summed E-state index contributed by atoms with van der Waals surface area (Å²) < 4.78 is 5.21. The predicted octanol–water partition coefficient (Wildman–Crippen LogP) is 1.99. The van der Waals surface area contributed by atoms with E-state index in [9.17, 15) is 4.79 Å². The van der Waals surface area contributed by atoms with Crippen molar-refractivity contribution < 1.29 is 14.6 Å². The van der Waals surface area contributed by atoms with E-state index in [1.807, 2.05) is 18.2 Å². The van der Waals surface area contributed by atoms with Crippen LogP contribution in [-0.4, -0.2) is 46.2 Å². The Hall–Kier alpha value is -2.54. The number of carbonyl (C=O) groups is 1. The molecule has 2 aromatic heterocycles. The van der Waals surface area contributed by atoms with Crippen molar-refractivity contribution in [3.05, 3.63) is 36.3 Å². The third-order valence-corrected chi connectivity index (χ3v) is 4.15. The number of anilines is 1. The van der Waals surface area contributed by atoms with E-state index in [2.05, 4.69) is 19.9 Å². The number of ether oxygens (including phenoxy) is 1. The Balaban J connectivity index is 1.87. The summed E-state index contributed by atoms with van der Waals surface area (Å²) in [5.41, 5.74) is 1.64. The summed E-state index contributed by atoms with van der Waals surface area (Å²) in [6.07, 6.45) is 4.69. The highest BCUT2D eigenvalue weighted by Crippen LogP contribution is 2.25. The number of hydrogen-bond acceptors (Lipinski definition) is 6. The molecule has 3 rings (SSSR count). The molecule has 0 aromatic carbocycles. The summed E-state index contributed by atoms with van der Waals surface area (Å²) in [6, 6.07) is 5.67. The van der Waals surface area contributed by atoms with Crippen molar-refractivity contribution >= 4 is 11.8 Å². The van der Waals surface area contributed by atoms with E-state index in [0.717, 1.165) is 17.1 Å². The van der Waals surface area contributed by atoms with Gasteiger partial charge in [0.15, 0.2) is 5.82 Å². The van der Waals surface area contributed by atoms with Gasteiger partial charge in [0, 0.05) is 44.2 Å². The average molecular weight is 328 g/mol. The fourth-order valence-corrected chi connectivity index (χ4v) is 2.85. The number of carboxylic acids is 1. The van der Waals surface area contributed by atoms with Crippen LogP contribution in [0, 0.1) is 5.92 Å². The zero-order valence-corrected chi connectivity index (χ0v) is 13.6. The molecule has 0 atom stereocenters. The van der Waals surface area contributed by atoms with Gasteiger partial charge >= 0.3 is 5.97 Å². The lowest BCUT2D eigenvalue weighted by Crippen LogP contribution is -2.37. The van der Waals surface area contributed by atoms with Gasteiger partial charge in [0.2, 0.25) is 0 Å². The molecule has 126 valence electrons. The molecule has 0 spiro atoms. The highest BCUT2D eigenvalue weighted by molar-refractivity contribution is 5.70. The normalized spacial score (nSPS) is 15.5. The minimum absolute atomic E-state index is 0.265. The van der Waals surface area contributed by atoms with Crippen LogP contribution < -0.4 is 4.90 Å². The second-order valence-electron chi connectivity index (χ2n) is 5.82. The number of carboxylic acid groups (broad SMARTS) is 1. The van der Waals surface area contributed by atoms with E-state index in [1.165, 1.54) is 0 Å². The summed E-state index contributed by atoms with van der Waals surface area (Å²) in [4.78, 5) is 26.5. The van der Waals surface area contributed by atoms with Crippen molar-refractivity contribution in [3.63, 3.8) is 0 Å². The standard InChI is InChI=1S/C17H20N4O3/c1-24-11-14-9-15(21-7-4-12(5-8-21)17(22)23)20-16(19-14)13-3-2-6-18-10-13/h2-3,6,9-10,12H,4-5,7-8,11H2,1H3,(H,22,23). The van der Waals surface area contributed by atoms with Crippen molar-refractivity contribution in [1.82, 2.24) is 15.0 Å². The molecule has 7 nitrogen and oxygen atoms in total. The molecule has 0 saturated carbocycles. The Morgan fingerprint density at radius 1 is 1.38 bits per heavy atom. The van der Waals surface area contributed by atoms with E-state index in [4.69, 9.17) is 9.84 Å². The molecule has 24 heavy (non-hydrogen) atoms. The summed E-state index contributed by atoms with van der Waals surface area (Å²) in [5.74, 6) is 0.431. The van der Waals surface area contributed by atoms with Gasteiger partial charge in [-0.15, -0.1) is 0 Å². The summed E-state index contributed by atoms with van der Waals surface area (Å²) in [6.45, 7) is 1.74. The molecule has 0 radical (unpaired) electrons. The molecular weight excluding hydrogens is 308 g/mol. The third-order valence-electron chi connectivity index (χ3n) is 4.15. The molecule has 7 heteroatoms. The summed E-state index contributed by atoms with van der Waals surface area (Å²) >= 11 is 0.